The van der Waals surface area contributed by atoms with E-state index in [4.69, 9.17) is 0 Å². The van der Waals surface area contributed by atoms with Crippen LogP contribution in [0.5, 0.6) is 0 Å². The lowest BCUT2D eigenvalue weighted by Crippen LogP contribution is -2.29. The van der Waals surface area contributed by atoms with Crippen LogP contribution in [0, 0.1) is 5.92 Å². The van der Waals surface area contributed by atoms with Crippen LogP contribution in [0.1, 0.15) is 45.0 Å². The Hall–Kier alpha value is -1.65. The number of rotatable bonds is 5. The SMILES string of the molecule is CC(C)n1cnnc1CN(C)C(=O)C[C@@H]1C=CCC1. The maximum Gasteiger partial charge on any atom is 0.223 e. The minimum Gasteiger partial charge on any atom is -0.338 e. The molecule has 0 bridgehead atoms. The number of carbonyl (C=O) groups excluding carboxylic acids is 1. The molecule has 0 saturated heterocycles. The fourth-order valence-corrected chi connectivity index (χ4v) is 2.36. The van der Waals surface area contributed by atoms with Gasteiger partial charge in [-0.1, -0.05) is 12.2 Å². The van der Waals surface area contributed by atoms with E-state index < -0.39 is 0 Å². The molecule has 1 aromatic heterocycles. The van der Waals surface area contributed by atoms with Gasteiger partial charge in [-0.2, -0.15) is 0 Å². The highest BCUT2D eigenvalue weighted by Crippen LogP contribution is 2.21. The third kappa shape index (κ3) is 3.43. The minimum absolute atomic E-state index is 0.176. The van der Waals surface area contributed by atoms with Gasteiger partial charge in [0.25, 0.3) is 0 Å². The van der Waals surface area contributed by atoms with Crippen molar-refractivity contribution in [2.45, 2.75) is 45.7 Å². The van der Waals surface area contributed by atoms with Crippen molar-refractivity contribution in [2.75, 3.05) is 7.05 Å². The molecule has 2 rings (SSSR count). The topological polar surface area (TPSA) is 51.0 Å². The first-order valence-corrected chi connectivity index (χ1v) is 6.87. The summed E-state index contributed by atoms with van der Waals surface area (Å²) in [6, 6.07) is 0.311. The van der Waals surface area contributed by atoms with Gasteiger partial charge in [0.1, 0.15) is 6.33 Å². The number of amides is 1. The lowest BCUT2D eigenvalue weighted by atomic mass is 10.0. The Bertz CT molecular complexity index is 464. The van der Waals surface area contributed by atoms with E-state index in [1.54, 1.807) is 11.2 Å². The summed E-state index contributed by atoms with van der Waals surface area (Å²) in [4.78, 5) is 13.9. The third-order valence-corrected chi connectivity index (χ3v) is 3.56. The Morgan fingerprint density at radius 1 is 1.58 bits per heavy atom. The number of hydrogen-bond donors (Lipinski definition) is 0. The van der Waals surface area contributed by atoms with Crippen LogP contribution in [0.2, 0.25) is 0 Å². The molecule has 0 saturated carbocycles. The monoisotopic (exact) mass is 262 g/mol. The zero-order valence-corrected chi connectivity index (χ0v) is 11.9. The molecule has 0 radical (unpaired) electrons. The molecule has 104 valence electrons. The van der Waals surface area contributed by atoms with Crippen molar-refractivity contribution < 1.29 is 4.79 Å². The number of nitrogens with zero attached hydrogens (tertiary/aromatic N) is 4. The van der Waals surface area contributed by atoms with Gasteiger partial charge in [-0.3, -0.25) is 4.79 Å². The molecule has 5 heteroatoms. The first kappa shape index (κ1) is 13.8. The molecular formula is C14H22N4O. The summed E-state index contributed by atoms with van der Waals surface area (Å²) in [5, 5.41) is 8.02. The molecule has 0 fully saturated rings. The molecule has 5 nitrogen and oxygen atoms in total. The summed E-state index contributed by atoms with van der Waals surface area (Å²) in [7, 11) is 1.83. The smallest absolute Gasteiger partial charge is 0.223 e. The second-order valence-corrected chi connectivity index (χ2v) is 5.47. The standard InChI is InChI=1S/C14H22N4O/c1-11(2)18-10-15-16-13(18)9-17(3)14(19)8-12-6-4-5-7-12/h4,6,10-12H,5,7-9H2,1-3H3/t12-/m1/s1. The summed E-state index contributed by atoms with van der Waals surface area (Å²) >= 11 is 0. The predicted octanol–water partition coefficient (Wildman–Crippen LogP) is 2.17. The molecule has 0 aliphatic heterocycles. The molecule has 1 aliphatic carbocycles. The van der Waals surface area contributed by atoms with E-state index in [1.807, 2.05) is 11.6 Å². The quantitative estimate of drug-likeness (QED) is 0.764. The zero-order chi connectivity index (χ0) is 13.8. The maximum atomic E-state index is 12.1. The number of aromatic nitrogens is 3. The van der Waals surface area contributed by atoms with Crippen LogP contribution in [0.3, 0.4) is 0 Å². The second-order valence-electron chi connectivity index (χ2n) is 5.47. The van der Waals surface area contributed by atoms with Crippen molar-refractivity contribution in [3.05, 3.63) is 24.3 Å². The first-order valence-electron chi connectivity index (χ1n) is 6.87. The predicted molar refractivity (Wildman–Crippen MR) is 73.4 cm³/mol. The molecule has 0 N–H and O–H groups in total. The van der Waals surface area contributed by atoms with Crippen LogP contribution in [-0.4, -0.2) is 32.6 Å². The van der Waals surface area contributed by atoms with Crippen LogP contribution in [0.4, 0.5) is 0 Å². The number of carbonyl (C=O) groups is 1. The van der Waals surface area contributed by atoms with Crippen molar-refractivity contribution in [1.82, 2.24) is 19.7 Å². The van der Waals surface area contributed by atoms with Gasteiger partial charge in [0, 0.05) is 19.5 Å². The van der Waals surface area contributed by atoms with Crippen molar-refractivity contribution >= 4 is 5.91 Å². The van der Waals surface area contributed by atoms with Crippen LogP contribution in [0.15, 0.2) is 18.5 Å². The summed E-state index contributed by atoms with van der Waals surface area (Å²) in [5.41, 5.74) is 0. The van der Waals surface area contributed by atoms with E-state index >= 15 is 0 Å². The summed E-state index contributed by atoms with van der Waals surface area (Å²) in [6.07, 6.45) is 8.83. The molecule has 1 atom stereocenters. The van der Waals surface area contributed by atoms with Gasteiger partial charge >= 0.3 is 0 Å². The molecule has 0 aromatic carbocycles. The maximum absolute atomic E-state index is 12.1. The average Bonchev–Trinajstić information content (AvgIpc) is 2.99. The lowest BCUT2D eigenvalue weighted by Gasteiger charge is -2.19. The van der Waals surface area contributed by atoms with E-state index in [9.17, 15) is 4.79 Å². The van der Waals surface area contributed by atoms with Gasteiger partial charge in [0.05, 0.1) is 6.54 Å². The van der Waals surface area contributed by atoms with Crippen LogP contribution in [0.25, 0.3) is 0 Å². The summed E-state index contributed by atoms with van der Waals surface area (Å²) < 4.78 is 2.00. The highest BCUT2D eigenvalue weighted by atomic mass is 16.2. The van der Waals surface area contributed by atoms with Gasteiger partial charge in [-0.15, -0.1) is 10.2 Å². The van der Waals surface area contributed by atoms with Gasteiger partial charge < -0.3 is 9.47 Å². The number of hydrogen-bond acceptors (Lipinski definition) is 3. The van der Waals surface area contributed by atoms with E-state index in [-0.39, 0.29) is 5.91 Å². The molecule has 1 heterocycles. The molecule has 1 aromatic rings. The van der Waals surface area contributed by atoms with Crippen molar-refractivity contribution in [1.29, 1.82) is 0 Å². The van der Waals surface area contributed by atoms with Gasteiger partial charge in [-0.25, -0.2) is 0 Å². The zero-order valence-electron chi connectivity index (χ0n) is 11.9. The largest absolute Gasteiger partial charge is 0.338 e. The Morgan fingerprint density at radius 3 is 3.00 bits per heavy atom. The van der Waals surface area contributed by atoms with Gasteiger partial charge in [0.2, 0.25) is 5.91 Å². The fraction of sp³-hybridized carbons (Fsp3) is 0.643. The van der Waals surface area contributed by atoms with Crippen LogP contribution in [-0.2, 0) is 11.3 Å². The lowest BCUT2D eigenvalue weighted by molar-refractivity contribution is -0.131. The Kier molecular flexibility index (Phi) is 4.35. The summed E-state index contributed by atoms with van der Waals surface area (Å²) in [6.45, 7) is 4.68. The highest BCUT2D eigenvalue weighted by molar-refractivity contribution is 5.76. The van der Waals surface area contributed by atoms with E-state index in [0.29, 0.717) is 24.9 Å². The molecule has 19 heavy (non-hydrogen) atoms. The Balaban J connectivity index is 1.92. The van der Waals surface area contributed by atoms with E-state index in [2.05, 4.69) is 36.2 Å². The fourth-order valence-electron chi connectivity index (χ4n) is 2.36. The minimum atomic E-state index is 0.176. The van der Waals surface area contributed by atoms with Crippen molar-refractivity contribution in [2.24, 2.45) is 5.92 Å². The molecular weight excluding hydrogens is 240 g/mol. The molecule has 1 aliphatic rings. The third-order valence-electron chi connectivity index (χ3n) is 3.56. The Labute approximate surface area is 114 Å². The van der Waals surface area contributed by atoms with Gasteiger partial charge in [0.15, 0.2) is 5.82 Å². The first-order chi connectivity index (χ1) is 9.08. The van der Waals surface area contributed by atoms with E-state index in [0.717, 1.165) is 18.7 Å². The Morgan fingerprint density at radius 2 is 2.37 bits per heavy atom. The molecule has 0 unspecified atom stereocenters. The average molecular weight is 262 g/mol. The molecule has 0 spiro atoms. The second kappa shape index (κ2) is 5.99. The van der Waals surface area contributed by atoms with Crippen molar-refractivity contribution in [3.8, 4) is 0 Å². The molecule has 1 amide bonds. The number of allylic oxidation sites excluding steroid dienone is 2. The van der Waals surface area contributed by atoms with Gasteiger partial charge in [-0.05, 0) is 32.6 Å². The van der Waals surface area contributed by atoms with Crippen LogP contribution < -0.4 is 0 Å². The van der Waals surface area contributed by atoms with Crippen LogP contribution >= 0.6 is 0 Å². The summed E-state index contributed by atoms with van der Waals surface area (Å²) in [5.74, 6) is 1.43. The highest BCUT2D eigenvalue weighted by Gasteiger charge is 2.18. The normalized spacial score (nSPS) is 18.2. The van der Waals surface area contributed by atoms with E-state index in [1.165, 1.54) is 0 Å². The van der Waals surface area contributed by atoms with Crippen molar-refractivity contribution in [3.63, 3.8) is 0 Å².